The molecule has 2 rings (SSSR count). The summed E-state index contributed by atoms with van der Waals surface area (Å²) in [6.07, 6.45) is 4.84. The number of phenols is 1. The van der Waals surface area contributed by atoms with Gasteiger partial charge in [0.1, 0.15) is 5.75 Å². The third-order valence-electron chi connectivity index (χ3n) is 4.05. The second-order valence-electron chi connectivity index (χ2n) is 5.48. The molecule has 0 bridgehead atoms. The molecule has 0 spiro atoms. The van der Waals surface area contributed by atoms with Gasteiger partial charge >= 0.3 is 0 Å². The van der Waals surface area contributed by atoms with Crippen LogP contribution in [0.3, 0.4) is 0 Å². The summed E-state index contributed by atoms with van der Waals surface area (Å²) in [6, 6.07) is 6.33. The van der Waals surface area contributed by atoms with E-state index >= 15 is 0 Å². The second kappa shape index (κ2) is 11.5. The third-order valence-corrected chi connectivity index (χ3v) is 4.69. The van der Waals surface area contributed by atoms with E-state index in [9.17, 15) is 5.11 Å². The summed E-state index contributed by atoms with van der Waals surface area (Å²) < 4.78 is 0.797. The zero-order valence-corrected chi connectivity index (χ0v) is 16.3. The monoisotopic (exact) mass is 412 g/mol. The van der Waals surface area contributed by atoms with Crippen molar-refractivity contribution in [2.45, 2.75) is 38.6 Å². The number of nitrogens with zero attached hydrogens (tertiary/aromatic N) is 1. The number of phenolic OH excluding ortho intramolecular Hbond substituents is 1. The largest absolute Gasteiger partial charge is 0.506 e. The summed E-state index contributed by atoms with van der Waals surface area (Å²) >= 11 is 3.44. The van der Waals surface area contributed by atoms with Crippen LogP contribution in [-0.4, -0.2) is 36.2 Å². The molecule has 1 fully saturated rings. The average Bonchev–Trinajstić information content (AvgIpc) is 2.48. The van der Waals surface area contributed by atoms with E-state index in [0.29, 0.717) is 11.8 Å². The van der Waals surface area contributed by atoms with Gasteiger partial charge in [-0.25, -0.2) is 0 Å². The topological polar surface area (TPSA) is 35.5 Å². The molecule has 0 unspecified atom stereocenters. The average molecular weight is 414 g/mol. The number of piperazine rings is 1. The maximum atomic E-state index is 10.4. The van der Waals surface area contributed by atoms with E-state index in [1.54, 1.807) is 0 Å². The minimum Gasteiger partial charge on any atom is -0.506 e. The van der Waals surface area contributed by atoms with E-state index in [4.69, 9.17) is 0 Å². The van der Waals surface area contributed by atoms with Crippen LogP contribution in [0.25, 0.3) is 0 Å². The number of unbranched alkanes of at least 4 members (excludes halogenated alkanes) is 2. The third kappa shape index (κ3) is 5.89. The molecule has 1 aromatic carbocycles. The number of rotatable bonds is 6. The molecular formula is C16H27BrCl2N2O. The number of nitrogens with one attached hydrogen (secondary N) is 1. The van der Waals surface area contributed by atoms with Gasteiger partial charge in [-0.15, -0.1) is 24.8 Å². The standard InChI is InChI=1S/C16H25BrN2O.2ClH/c1-2-3-4-8-15(19-11-9-18-10-12-19)13-6-5-7-14(17)16(13)20;;/h5-7,15,18,20H,2-4,8-12H2,1H3;2*1H/t15-;;/m0../s1. The number of hydrogen-bond donors (Lipinski definition) is 2. The lowest BCUT2D eigenvalue weighted by Gasteiger charge is -2.35. The number of halogens is 3. The lowest BCUT2D eigenvalue weighted by atomic mass is 9.97. The van der Waals surface area contributed by atoms with Gasteiger partial charge in [-0.1, -0.05) is 38.3 Å². The van der Waals surface area contributed by atoms with Crippen LogP contribution in [0.2, 0.25) is 0 Å². The predicted molar refractivity (Wildman–Crippen MR) is 102 cm³/mol. The molecular weight excluding hydrogens is 387 g/mol. The fraction of sp³-hybridized carbons (Fsp3) is 0.625. The van der Waals surface area contributed by atoms with Crippen molar-refractivity contribution in [1.82, 2.24) is 10.2 Å². The minimum atomic E-state index is 0. The lowest BCUT2D eigenvalue weighted by molar-refractivity contribution is 0.160. The maximum Gasteiger partial charge on any atom is 0.134 e. The van der Waals surface area contributed by atoms with Gasteiger partial charge in [0.15, 0.2) is 0 Å². The summed E-state index contributed by atoms with van der Waals surface area (Å²) in [6.45, 7) is 6.43. The molecule has 0 radical (unpaired) electrons. The van der Waals surface area contributed by atoms with Crippen LogP contribution in [-0.2, 0) is 0 Å². The summed E-state index contributed by atoms with van der Waals surface area (Å²) in [5.41, 5.74) is 1.07. The molecule has 0 amide bonds. The number of para-hydroxylation sites is 1. The molecule has 0 saturated carbocycles. The first-order valence-electron chi connectivity index (χ1n) is 7.66. The molecule has 0 aliphatic carbocycles. The molecule has 3 nitrogen and oxygen atoms in total. The van der Waals surface area contributed by atoms with Crippen LogP contribution in [0, 0.1) is 0 Å². The Labute approximate surface area is 154 Å². The van der Waals surface area contributed by atoms with Crippen LogP contribution in [0.5, 0.6) is 5.75 Å². The molecule has 1 aliphatic rings. The van der Waals surface area contributed by atoms with Gasteiger partial charge in [0.2, 0.25) is 0 Å². The first-order chi connectivity index (χ1) is 9.74. The van der Waals surface area contributed by atoms with Crippen LogP contribution in [0.1, 0.15) is 44.2 Å². The Morgan fingerprint density at radius 1 is 1.23 bits per heavy atom. The Morgan fingerprint density at radius 2 is 1.91 bits per heavy atom. The highest BCUT2D eigenvalue weighted by Crippen LogP contribution is 2.37. The molecule has 0 aromatic heterocycles. The normalized spacial score (nSPS) is 16.5. The van der Waals surface area contributed by atoms with Crippen molar-refractivity contribution < 1.29 is 5.11 Å². The van der Waals surface area contributed by atoms with Gasteiger partial charge in [0, 0.05) is 37.8 Å². The van der Waals surface area contributed by atoms with Crippen molar-refractivity contribution in [2.24, 2.45) is 0 Å². The highest BCUT2D eigenvalue weighted by molar-refractivity contribution is 9.10. The molecule has 2 N–H and O–H groups in total. The molecule has 1 aromatic rings. The van der Waals surface area contributed by atoms with Crippen molar-refractivity contribution in [3.63, 3.8) is 0 Å². The molecule has 6 heteroatoms. The highest BCUT2D eigenvalue weighted by atomic mass is 79.9. The predicted octanol–water partition coefficient (Wildman–Crippen LogP) is 4.52. The summed E-state index contributed by atoms with van der Waals surface area (Å²) in [7, 11) is 0. The van der Waals surface area contributed by atoms with E-state index in [1.807, 2.05) is 12.1 Å². The van der Waals surface area contributed by atoms with Crippen molar-refractivity contribution in [3.8, 4) is 5.75 Å². The van der Waals surface area contributed by atoms with E-state index in [1.165, 1.54) is 19.3 Å². The van der Waals surface area contributed by atoms with Gasteiger partial charge < -0.3 is 10.4 Å². The Kier molecular flexibility index (Phi) is 11.5. The van der Waals surface area contributed by atoms with Crippen molar-refractivity contribution in [2.75, 3.05) is 26.2 Å². The quantitative estimate of drug-likeness (QED) is 0.672. The van der Waals surface area contributed by atoms with Gasteiger partial charge in [-0.3, -0.25) is 4.90 Å². The van der Waals surface area contributed by atoms with Crippen LogP contribution < -0.4 is 5.32 Å². The fourth-order valence-corrected chi connectivity index (χ4v) is 3.30. The Bertz CT molecular complexity index is 429. The van der Waals surface area contributed by atoms with Crippen molar-refractivity contribution in [1.29, 1.82) is 0 Å². The van der Waals surface area contributed by atoms with Crippen LogP contribution >= 0.6 is 40.7 Å². The molecule has 1 heterocycles. The number of benzene rings is 1. The summed E-state index contributed by atoms with van der Waals surface area (Å²) in [5, 5.41) is 13.8. The second-order valence-corrected chi connectivity index (χ2v) is 6.33. The van der Waals surface area contributed by atoms with Gasteiger partial charge in [-0.05, 0) is 28.4 Å². The summed E-state index contributed by atoms with van der Waals surface area (Å²) in [4.78, 5) is 2.51. The van der Waals surface area contributed by atoms with E-state index in [0.717, 1.165) is 42.6 Å². The Morgan fingerprint density at radius 3 is 2.55 bits per heavy atom. The van der Waals surface area contributed by atoms with Crippen LogP contribution in [0.15, 0.2) is 22.7 Å². The highest BCUT2D eigenvalue weighted by Gasteiger charge is 2.24. The van der Waals surface area contributed by atoms with E-state index < -0.39 is 0 Å². The molecule has 22 heavy (non-hydrogen) atoms. The minimum absolute atomic E-state index is 0. The molecule has 1 aliphatic heterocycles. The smallest absolute Gasteiger partial charge is 0.134 e. The van der Waals surface area contributed by atoms with E-state index in [2.05, 4.69) is 39.1 Å². The number of aromatic hydroxyl groups is 1. The Balaban J connectivity index is 0.00000220. The zero-order chi connectivity index (χ0) is 14.4. The van der Waals surface area contributed by atoms with Crippen LogP contribution in [0.4, 0.5) is 0 Å². The zero-order valence-electron chi connectivity index (χ0n) is 13.1. The molecule has 1 saturated heterocycles. The molecule has 1 atom stereocenters. The number of hydrogen-bond acceptors (Lipinski definition) is 3. The van der Waals surface area contributed by atoms with Crippen molar-refractivity contribution >= 4 is 40.7 Å². The van der Waals surface area contributed by atoms with Crippen molar-refractivity contribution in [3.05, 3.63) is 28.2 Å². The SMILES string of the molecule is CCCCC[C@@H](c1cccc(Br)c1O)N1CCNCC1.Cl.Cl. The first kappa shape index (κ1) is 22.0. The van der Waals surface area contributed by atoms with Gasteiger partial charge in [0.25, 0.3) is 0 Å². The fourth-order valence-electron chi connectivity index (χ4n) is 2.92. The first-order valence-corrected chi connectivity index (χ1v) is 8.45. The maximum absolute atomic E-state index is 10.4. The summed E-state index contributed by atoms with van der Waals surface area (Å²) in [5.74, 6) is 0.410. The Hall–Kier alpha value is -0.000000000000000111. The van der Waals surface area contributed by atoms with Gasteiger partial charge in [0.05, 0.1) is 4.47 Å². The lowest BCUT2D eigenvalue weighted by Crippen LogP contribution is -2.45. The molecule has 128 valence electrons. The van der Waals surface area contributed by atoms with E-state index in [-0.39, 0.29) is 24.8 Å². The van der Waals surface area contributed by atoms with Gasteiger partial charge in [-0.2, -0.15) is 0 Å².